The first kappa shape index (κ1) is 28.3. The summed E-state index contributed by atoms with van der Waals surface area (Å²) in [5.74, 6) is -1.04. The van der Waals surface area contributed by atoms with Gasteiger partial charge < -0.3 is 21.1 Å². The molecule has 0 aliphatic carbocycles. The number of carboxylic acid groups (broad SMARTS) is 1. The smallest absolute Gasteiger partial charge is 0.303 e. The lowest BCUT2D eigenvalue weighted by Gasteiger charge is -2.20. The van der Waals surface area contributed by atoms with Crippen LogP contribution in [0.4, 0.5) is 11.4 Å². The number of carboxylic acids is 1. The number of carbonyl (C=O) groups is 2. The first-order valence-electron chi connectivity index (χ1n) is 12.8. The second kappa shape index (κ2) is 14.5. The highest BCUT2D eigenvalue weighted by Gasteiger charge is 2.13. The van der Waals surface area contributed by atoms with E-state index in [4.69, 9.17) is 16.7 Å². The van der Waals surface area contributed by atoms with Crippen molar-refractivity contribution < 1.29 is 14.7 Å². The van der Waals surface area contributed by atoms with Gasteiger partial charge in [0.15, 0.2) is 0 Å². The Bertz CT molecular complexity index is 1410. The van der Waals surface area contributed by atoms with E-state index in [1.165, 1.54) is 17.1 Å². The SMILES string of the molecule is O=C(O)CCCNc1ccc(NCC(Cc2ccccc2)NC(=O)/C=C/c2cc(Cl)ccc2-n2cnnn2)cc1. The van der Waals surface area contributed by atoms with Crippen LogP contribution in [-0.4, -0.2) is 56.3 Å². The van der Waals surface area contributed by atoms with Crippen molar-refractivity contribution in [2.24, 2.45) is 0 Å². The molecule has 1 aromatic heterocycles. The molecule has 0 saturated heterocycles. The van der Waals surface area contributed by atoms with Crippen molar-refractivity contribution in [3.05, 3.63) is 101 Å². The second-order valence-corrected chi connectivity index (χ2v) is 9.50. The maximum Gasteiger partial charge on any atom is 0.303 e. The number of aliphatic carboxylic acids is 1. The quantitative estimate of drug-likeness (QED) is 0.131. The van der Waals surface area contributed by atoms with Crippen molar-refractivity contribution >= 4 is 40.9 Å². The summed E-state index contributed by atoms with van der Waals surface area (Å²) in [6.07, 6.45) is 5.97. The number of rotatable bonds is 14. The number of tetrazole rings is 1. The van der Waals surface area contributed by atoms with Crippen molar-refractivity contribution in [2.45, 2.75) is 25.3 Å². The molecule has 1 amide bonds. The Hall–Kier alpha value is -4.70. The number of hydrogen-bond donors (Lipinski definition) is 4. The molecule has 206 valence electrons. The highest BCUT2D eigenvalue weighted by Crippen LogP contribution is 2.20. The zero-order chi connectivity index (χ0) is 28.2. The molecule has 1 heterocycles. The van der Waals surface area contributed by atoms with Gasteiger partial charge in [0.2, 0.25) is 5.91 Å². The molecule has 11 heteroatoms. The fourth-order valence-corrected chi connectivity index (χ4v) is 4.23. The Morgan fingerprint density at radius 2 is 1.75 bits per heavy atom. The van der Waals surface area contributed by atoms with Crippen LogP contribution in [0.2, 0.25) is 5.02 Å². The lowest BCUT2D eigenvalue weighted by molar-refractivity contribution is -0.137. The van der Waals surface area contributed by atoms with Gasteiger partial charge in [-0.1, -0.05) is 41.9 Å². The van der Waals surface area contributed by atoms with Crippen molar-refractivity contribution in [1.29, 1.82) is 0 Å². The van der Waals surface area contributed by atoms with Gasteiger partial charge in [-0.05, 0) is 77.4 Å². The summed E-state index contributed by atoms with van der Waals surface area (Å²) in [5.41, 5.74) is 4.32. The molecule has 4 N–H and O–H groups in total. The number of nitrogens with one attached hydrogen (secondary N) is 3. The van der Waals surface area contributed by atoms with Gasteiger partial charge in [-0.3, -0.25) is 9.59 Å². The summed E-state index contributed by atoms with van der Waals surface area (Å²) >= 11 is 6.19. The normalized spacial score (nSPS) is 11.7. The van der Waals surface area contributed by atoms with Crippen LogP contribution in [0.25, 0.3) is 11.8 Å². The molecule has 4 aromatic rings. The maximum atomic E-state index is 13.0. The minimum atomic E-state index is -0.799. The van der Waals surface area contributed by atoms with Crippen LogP contribution in [0.3, 0.4) is 0 Å². The van der Waals surface area contributed by atoms with Crippen LogP contribution in [-0.2, 0) is 16.0 Å². The molecule has 0 aliphatic heterocycles. The molecule has 0 radical (unpaired) electrons. The van der Waals surface area contributed by atoms with Crippen molar-refractivity contribution in [1.82, 2.24) is 25.5 Å². The molecule has 4 rings (SSSR count). The first-order chi connectivity index (χ1) is 19.5. The number of amides is 1. The lowest BCUT2D eigenvalue weighted by atomic mass is 10.1. The molecule has 10 nitrogen and oxygen atoms in total. The maximum absolute atomic E-state index is 13.0. The number of halogens is 1. The van der Waals surface area contributed by atoms with Gasteiger partial charge in [0.05, 0.1) is 11.7 Å². The molecule has 0 bridgehead atoms. The fraction of sp³-hybridized carbons (Fsp3) is 0.207. The van der Waals surface area contributed by atoms with E-state index in [1.807, 2.05) is 54.6 Å². The summed E-state index contributed by atoms with van der Waals surface area (Å²) < 4.78 is 1.51. The van der Waals surface area contributed by atoms with E-state index in [1.54, 1.807) is 24.3 Å². The number of hydrogen-bond acceptors (Lipinski definition) is 7. The van der Waals surface area contributed by atoms with Crippen LogP contribution in [0.15, 0.2) is 85.2 Å². The predicted octanol–water partition coefficient (Wildman–Crippen LogP) is 4.45. The zero-order valence-electron chi connectivity index (χ0n) is 21.7. The van der Waals surface area contributed by atoms with Gasteiger partial charge in [-0.15, -0.1) is 5.10 Å². The molecule has 0 saturated carbocycles. The van der Waals surface area contributed by atoms with Crippen LogP contribution in [0.5, 0.6) is 0 Å². The molecule has 0 aliphatic rings. The standard InChI is InChI=1S/C29H30ClN7O3/c30-23-9-14-27(37-20-33-35-36-37)22(18-23)8-15-28(38)34-26(17-21-5-2-1-3-6-21)19-32-25-12-10-24(11-13-25)31-16-4-7-29(39)40/h1-3,5-6,8-15,18,20,26,31-32H,4,7,16-17,19H2,(H,34,38)(H,39,40)/b15-8+. The van der Waals surface area contributed by atoms with Gasteiger partial charge in [-0.2, -0.15) is 4.68 Å². The van der Waals surface area contributed by atoms with Crippen LogP contribution < -0.4 is 16.0 Å². The molecule has 0 fully saturated rings. The van der Waals surface area contributed by atoms with Crippen LogP contribution in [0, 0.1) is 0 Å². The largest absolute Gasteiger partial charge is 0.481 e. The van der Waals surface area contributed by atoms with E-state index in [-0.39, 0.29) is 18.4 Å². The Morgan fingerprint density at radius 1 is 1.00 bits per heavy atom. The van der Waals surface area contributed by atoms with E-state index in [2.05, 4.69) is 31.5 Å². The first-order valence-corrected chi connectivity index (χ1v) is 13.2. The highest BCUT2D eigenvalue weighted by atomic mass is 35.5. The number of carbonyl (C=O) groups excluding carboxylic acids is 1. The third kappa shape index (κ3) is 8.95. The molecule has 40 heavy (non-hydrogen) atoms. The summed E-state index contributed by atoms with van der Waals surface area (Å²) in [6.45, 7) is 1.09. The van der Waals surface area contributed by atoms with E-state index in [0.717, 1.165) is 16.9 Å². The summed E-state index contributed by atoms with van der Waals surface area (Å²) in [5, 5.41) is 30.3. The lowest BCUT2D eigenvalue weighted by Crippen LogP contribution is -2.40. The number of aromatic nitrogens is 4. The Labute approximate surface area is 237 Å². The monoisotopic (exact) mass is 559 g/mol. The van der Waals surface area contributed by atoms with E-state index in [9.17, 15) is 9.59 Å². The van der Waals surface area contributed by atoms with E-state index < -0.39 is 5.97 Å². The van der Waals surface area contributed by atoms with Gasteiger partial charge in [0.1, 0.15) is 6.33 Å². The van der Waals surface area contributed by atoms with Gasteiger partial charge in [0, 0.05) is 47.5 Å². The number of benzene rings is 3. The molecular weight excluding hydrogens is 530 g/mol. The summed E-state index contributed by atoms with van der Waals surface area (Å²) in [6, 6.07) is 22.8. The Kier molecular flexibility index (Phi) is 10.2. The third-order valence-electron chi connectivity index (χ3n) is 6.01. The molecule has 0 spiro atoms. The second-order valence-electron chi connectivity index (χ2n) is 9.07. The number of nitrogens with zero attached hydrogens (tertiary/aromatic N) is 4. The number of anilines is 2. The highest BCUT2D eigenvalue weighted by molar-refractivity contribution is 6.30. The molecule has 1 atom stereocenters. The average molecular weight is 560 g/mol. The fourth-order valence-electron chi connectivity index (χ4n) is 4.05. The van der Waals surface area contributed by atoms with Gasteiger partial charge in [0.25, 0.3) is 0 Å². The van der Waals surface area contributed by atoms with Gasteiger partial charge >= 0.3 is 5.97 Å². The van der Waals surface area contributed by atoms with E-state index in [0.29, 0.717) is 42.2 Å². The van der Waals surface area contributed by atoms with Crippen molar-refractivity contribution in [2.75, 3.05) is 23.7 Å². The summed E-state index contributed by atoms with van der Waals surface area (Å²) in [4.78, 5) is 23.6. The Balaban J connectivity index is 1.39. The van der Waals surface area contributed by atoms with Crippen LogP contribution >= 0.6 is 11.6 Å². The minimum Gasteiger partial charge on any atom is -0.481 e. The molecule has 1 unspecified atom stereocenters. The van der Waals surface area contributed by atoms with Crippen molar-refractivity contribution in [3.8, 4) is 5.69 Å². The topological polar surface area (TPSA) is 134 Å². The minimum absolute atomic E-state index is 0.135. The molecule has 3 aromatic carbocycles. The summed E-state index contributed by atoms with van der Waals surface area (Å²) in [7, 11) is 0. The van der Waals surface area contributed by atoms with E-state index >= 15 is 0 Å². The third-order valence-corrected chi connectivity index (χ3v) is 6.24. The van der Waals surface area contributed by atoms with Crippen molar-refractivity contribution in [3.63, 3.8) is 0 Å². The molecular formula is C29H30ClN7O3. The average Bonchev–Trinajstić information content (AvgIpc) is 3.49. The Morgan fingerprint density at radius 3 is 2.45 bits per heavy atom. The zero-order valence-corrected chi connectivity index (χ0v) is 22.5. The van der Waals surface area contributed by atoms with Crippen LogP contribution in [0.1, 0.15) is 24.0 Å². The predicted molar refractivity (Wildman–Crippen MR) is 156 cm³/mol. The van der Waals surface area contributed by atoms with Gasteiger partial charge in [-0.25, -0.2) is 0 Å².